The zero-order valence-electron chi connectivity index (χ0n) is 33.6. The number of allylic oxidation sites excluding steroid dienone is 4. The minimum atomic E-state index is -0.720. The first-order valence-electron chi connectivity index (χ1n) is 20.1. The number of hydrogen-bond donors (Lipinski definition) is 1. The van der Waals surface area contributed by atoms with Gasteiger partial charge in [-0.1, -0.05) is 76.1 Å². The van der Waals surface area contributed by atoms with E-state index in [1.807, 2.05) is 0 Å². The topological polar surface area (TPSA) is 116 Å². The predicted molar refractivity (Wildman–Crippen MR) is 215 cm³/mol. The van der Waals surface area contributed by atoms with E-state index in [1.54, 1.807) is 0 Å². The van der Waals surface area contributed by atoms with Gasteiger partial charge in [-0.05, 0) is 70.6 Å². The molecule has 1 fully saturated rings. The zero-order valence-corrected chi connectivity index (χ0v) is 33.6. The molecule has 0 saturated carbocycles. The van der Waals surface area contributed by atoms with Crippen LogP contribution in [0, 0.1) is 0 Å². The van der Waals surface area contributed by atoms with Crippen LogP contribution in [0.4, 0.5) is 11.4 Å². The summed E-state index contributed by atoms with van der Waals surface area (Å²) in [6, 6.07) is 16.7. The lowest BCUT2D eigenvalue weighted by atomic mass is 9.81. The molecule has 3 aliphatic heterocycles. The van der Waals surface area contributed by atoms with Crippen LogP contribution < -0.4 is 10.2 Å². The van der Waals surface area contributed by atoms with Crippen molar-refractivity contribution in [2.24, 2.45) is 0 Å². The highest BCUT2D eigenvalue weighted by molar-refractivity contribution is 6.03. The van der Waals surface area contributed by atoms with Crippen molar-refractivity contribution in [3.63, 3.8) is 0 Å². The molecule has 10 nitrogen and oxygen atoms in total. The Balaban J connectivity index is 1.17. The largest absolute Gasteiger partial charge is 0.346 e. The van der Waals surface area contributed by atoms with Crippen LogP contribution in [0.1, 0.15) is 130 Å². The van der Waals surface area contributed by atoms with Gasteiger partial charge in [0.2, 0.25) is 11.6 Å². The van der Waals surface area contributed by atoms with Gasteiger partial charge in [-0.3, -0.25) is 19.2 Å². The van der Waals surface area contributed by atoms with Crippen molar-refractivity contribution >= 4 is 46.6 Å². The van der Waals surface area contributed by atoms with E-state index < -0.39 is 23.8 Å². The number of benzene rings is 2. The first-order valence-corrected chi connectivity index (χ1v) is 20.1. The van der Waals surface area contributed by atoms with E-state index in [0.29, 0.717) is 17.9 Å². The lowest BCUT2D eigenvalue weighted by Crippen LogP contribution is -2.39. The predicted octanol–water partition coefficient (Wildman–Crippen LogP) is 7.90. The van der Waals surface area contributed by atoms with Crippen LogP contribution in [0.15, 0.2) is 72.5 Å². The fraction of sp³-hybridized carbons (Fsp3) is 0.511. The molecule has 1 atom stereocenters. The average Bonchev–Trinajstić information content (AvgIpc) is 3.66. The molecular weight excluding hydrogens is 693 g/mol. The number of amides is 3. The molecule has 294 valence electrons. The fourth-order valence-electron chi connectivity index (χ4n) is 8.15. The van der Waals surface area contributed by atoms with Crippen molar-refractivity contribution in [3.05, 3.63) is 83.6 Å². The molecule has 3 amide bonds. The molecule has 10 heteroatoms. The molecule has 0 spiro atoms. The van der Waals surface area contributed by atoms with Crippen molar-refractivity contribution in [2.75, 3.05) is 18.0 Å². The Morgan fingerprint density at radius 2 is 1.55 bits per heavy atom. The summed E-state index contributed by atoms with van der Waals surface area (Å²) in [6.45, 7) is 14.7. The van der Waals surface area contributed by atoms with Gasteiger partial charge in [0.1, 0.15) is 6.54 Å². The van der Waals surface area contributed by atoms with E-state index in [4.69, 9.17) is 4.84 Å². The molecule has 5 rings (SSSR count). The normalized spacial score (nSPS) is 18.3. The standard InChI is InChI=1S/C45H58N4O6/c1-7-8-15-30-47-36-22-13-11-19-33(36)44(3,4)38(47)24-18-25-39-45(5,6)34-20-12-14-23-37(34)48(39)31-16-9-10-26-40(51)46-35(32(2)50)21-17-27-43(54)55-49-41(52)28-29-42(49)53/h11-14,18-20,22-25,35H,7-10,15-17,21,26-31H2,1-6H3/p+1. The van der Waals surface area contributed by atoms with Crippen molar-refractivity contribution in [3.8, 4) is 0 Å². The summed E-state index contributed by atoms with van der Waals surface area (Å²) in [5, 5.41) is 3.34. The number of fused-ring (bicyclic) bond motifs is 2. The highest BCUT2D eigenvalue weighted by Gasteiger charge is 2.44. The Morgan fingerprint density at radius 3 is 2.25 bits per heavy atom. The first kappa shape index (κ1) is 41.3. The lowest BCUT2D eigenvalue weighted by Gasteiger charge is -2.27. The summed E-state index contributed by atoms with van der Waals surface area (Å²) in [5.41, 5.74) is 7.50. The second kappa shape index (κ2) is 18.2. The van der Waals surface area contributed by atoms with Gasteiger partial charge in [0.25, 0.3) is 11.8 Å². The quantitative estimate of drug-likeness (QED) is 0.0882. The molecule has 2 aromatic rings. The molecule has 0 aliphatic carbocycles. The van der Waals surface area contributed by atoms with Crippen molar-refractivity contribution in [1.29, 1.82) is 0 Å². The van der Waals surface area contributed by atoms with Crippen LogP contribution in [-0.2, 0) is 39.6 Å². The average molecular weight is 752 g/mol. The molecule has 1 saturated heterocycles. The number of nitrogens with zero attached hydrogens (tertiary/aromatic N) is 3. The van der Waals surface area contributed by atoms with E-state index in [-0.39, 0.29) is 54.6 Å². The second-order valence-corrected chi connectivity index (χ2v) is 16.1. The third-order valence-electron chi connectivity index (χ3n) is 11.3. The molecule has 1 N–H and O–H groups in total. The van der Waals surface area contributed by atoms with Crippen LogP contribution >= 0.6 is 0 Å². The SMILES string of the molecule is CCCCC[N+]1=C(/C=C/C=C2\N(CCCCCC(=O)NC(CCCC(=O)ON3C(=O)CCC3=O)C(C)=O)c3ccccc3C2(C)C)C(C)(C)c2ccccc21. The number of nitrogens with one attached hydrogen (secondary N) is 1. The van der Waals surface area contributed by atoms with Gasteiger partial charge in [-0.25, -0.2) is 4.79 Å². The fourth-order valence-corrected chi connectivity index (χ4v) is 8.15. The zero-order chi connectivity index (χ0) is 39.8. The molecule has 2 aromatic carbocycles. The third-order valence-corrected chi connectivity index (χ3v) is 11.3. The van der Waals surface area contributed by atoms with Crippen molar-refractivity contribution in [2.45, 2.75) is 135 Å². The van der Waals surface area contributed by atoms with Crippen molar-refractivity contribution in [1.82, 2.24) is 10.4 Å². The van der Waals surface area contributed by atoms with E-state index in [9.17, 15) is 24.0 Å². The van der Waals surface area contributed by atoms with Gasteiger partial charge in [0.05, 0.1) is 11.5 Å². The van der Waals surface area contributed by atoms with Crippen molar-refractivity contribution < 1.29 is 33.4 Å². The smallest absolute Gasteiger partial charge is 0.333 e. The highest BCUT2D eigenvalue weighted by Crippen LogP contribution is 2.48. The first-order chi connectivity index (χ1) is 26.3. The van der Waals surface area contributed by atoms with Gasteiger partial charge < -0.3 is 15.1 Å². The molecule has 0 bridgehead atoms. The number of hydrogen-bond acceptors (Lipinski definition) is 7. The molecule has 3 aliphatic rings. The Bertz CT molecular complexity index is 1860. The van der Waals surface area contributed by atoms with E-state index >= 15 is 0 Å². The summed E-state index contributed by atoms with van der Waals surface area (Å²) >= 11 is 0. The number of ketones is 1. The minimum absolute atomic E-state index is 0.0255. The number of unbranched alkanes of at least 4 members (excludes halogenated alkanes) is 4. The summed E-state index contributed by atoms with van der Waals surface area (Å²) in [4.78, 5) is 68.0. The maximum Gasteiger partial charge on any atom is 0.333 e. The van der Waals surface area contributed by atoms with E-state index in [2.05, 4.69) is 116 Å². The number of imide groups is 1. The third kappa shape index (κ3) is 9.51. The number of para-hydroxylation sites is 2. The van der Waals surface area contributed by atoms with Crippen LogP contribution in [0.5, 0.6) is 0 Å². The van der Waals surface area contributed by atoms with Gasteiger partial charge in [-0.2, -0.15) is 4.58 Å². The van der Waals surface area contributed by atoms with E-state index in [0.717, 1.165) is 32.4 Å². The Hall–Kier alpha value is -4.86. The number of carbonyl (C=O) groups is 5. The van der Waals surface area contributed by atoms with Crippen LogP contribution in [0.25, 0.3) is 0 Å². The summed E-state index contributed by atoms with van der Waals surface area (Å²) in [6.07, 6.45) is 13.6. The molecule has 1 unspecified atom stereocenters. The van der Waals surface area contributed by atoms with Gasteiger partial charge >= 0.3 is 5.97 Å². The minimum Gasteiger partial charge on any atom is -0.346 e. The summed E-state index contributed by atoms with van der Waals surface area (Å²) < 4.78 is 2.52. The lowest BCUT2D eigenvalue weighted by molar-refractivity contribution is -0.438. The summed E-state index contributed by atoms with van der Waals surface area (Å²) in [7, 11) is 0. The number of hydroxylamine groups is 2. The van der Waals surface area contributed by atoms with Gasteiger partial charge in [0, 0.05) is 73.2 Å². The van der Waals surface area contributed by atoms with Crippen LogP contribution in [0.3, 0.4) is 0 Å². The van der Waals surface area contributed by atoms with Crippen LogP contribution in [-0.4, -0.2) is 64.0 Å². The number of carbonyl (C=O) groups excluding carboxylic acids is 5. The van der Waals surface area contributed by atoms with Gasteiger partial charge in [0.15, 0.2) is 11.5 Å². The maximum absolute atomic E-state index is 12.9. The molecule has 55 heavy (non-hydrogen) atoms. The molecular formula is C45H59N4O6+. The number of rotatable bonds is 19. The Labute approximate surface area is 326 Å². The maximum atomic E-state index is 12.9. The molecule has 3 heterocycles. The second-order valence-electron chi connectivity index (χ2n) is 16.1. The number of Topliss-reactive ketones (excluding diaryl/α,β-unsaturated/α-hetero) is 1. The summed E-state index contributed by atoms with van der Waals surface area (Å²) in [5.74, 6) is -2.19. The molecule has 0 aromatic heterocycles. The van der Waals surface area contributed by atoms with Crippen LogP contribution in [0.2, 0.25) is 0 Å². The Kier molecular flexibility index (Phi) is 13.7. The van der Waals surface area contributed by atoms with Gasteiger partial charge in [-0.15, -0.1) is 5.06 Å². The van der Waals surface area contributed by atoms with E-state index in [1.165, 1.54) is 53.7 Å². The highest BCUT2D eigenvalue weighted by atomic mass is 16.7. The monoisotopic (exact) mass is 751 g/mol. The molecule has 0 radical (unpaired) electrons. The Morgan fingerprint density at radius 1 is 0.855 bits per heavy atom. The number of anilines is 1.